The molecule has 2 N–H and O–H groups in total. The van der Waals surface area contributed by atoms with E-state index in [0.29, 0.717) is 0 Å². The van der Waals surface area contributed by atoms with Crippen LogP contribution < -0.4 is 0 Å². The van der Waals surface area contributed by atoms with Gasteiger partial charge in [0.05, 0.1) is 0 Å². The third-order valence-corrected chi connectivity index (χ3v) is 0. The van der Waals surface area contributed by atoms with Crippen LogP contribution in [-0.2, 0) is 28.7 Å². The first-order valence-electron chi connectivity index (χ1n) is 0.236. The molecule has 0 saturated carbocycles. The zero-order chi connectivity index (χ0) is 2.00. The second-order valence-electron chi connectivity index (χ2n) is 0. The van der Waals surface area contributed by atoms with Crippen LogP contribution in [0.2, 0.25) is 0 Å². The number of rotatable bonds is 0. The summed E-state index contributed by atoms with van der Waals surface area (Å²) in [6.45, 7) is 0. The Hall–Kier alpha value is 2.87. The molecule has 4 heteroatoms. The summed E-state index contributed by atoms with van der Waals surface area (Å²) in [6, 6.07) is 0. The van der Waals surface area contributed by atoms with E-state index in [1.807, 2.05) is 0 Å². The molecular formula is H2EuOSY. The molecule has 0 bridgehead atoms. The maximum atomic E-state index is 4.21. The summed E-state index contributed by atoms with van der Waals surface area (Å²) in [5.41, 5.74) is 0. The third kappa shape index (κ3) is 8.85. The molecule has 0 amide bonds. The predicted molar refractivity (Wildman–Crippen MR) is 11.2 cm³/mol. The van der Waals surface area contributed by atoms with Crippen LogP contribution in [0, 0.1) is 49.4 Å². The molecule has 0 saturated heterocycles. The van der Waals surface area contributed by atoms with Gasteiger partial charge in [-0.3, -0.25) is 0 Å². The Balaban J connectivity index is -0.00000000500. The van der Waals surface area contributed by atoms with Gasteiger partial charge in [-0.05, 0) is 0 Å². The molecule has 4 heavy (non-hydrogen) atoms. The minimum absolute atomic E-state index is 0. The van der Waals surface area contributed by atoms with Gasteiger partial charge in [-0.25, -0.2) is 0 Å². The standard InChI is InChI=1S/Eu.H2O.S.Y/h;1H2;;. The average Bonchev–Trinajstić information content (AvgIpc) is 1.00. The SMILES string of the molecule is O.[Eu].[S]=[Y]. The van der Waals surface area contributed by atoms with Gasteiger partial charge < -0.3 is 5.48 Å². The summed E-state index contributed by atoms with van der Waals surface area (Å²) >= 11 is 0.933. The van der Waals surface area contributed by atoms with E-state index < -0.39 is 0 Å². The van der Waals surface area contributed by atoms with E-state index in [1.54, 1.807) is 0 Å². The van der Waals surface area contributed by atoms with Crippen molar-refractivity contribution in [2.45, 2.75) is 0 Å². The van der Waals surface area contributed by atoms with Gasteiger partial charge in [0.25, 0.3) is 0 Å². The van der Waals surface area contributed by atoms with Crippen molar-refractivity contribution in [3.63, 3.8) is 0 Å². The quantitative estimate of drug-likeness (QED) is 0.609. The Labute approximate surface area is 88.5 Å². The summed E-state index contributed by atoms with van der Waals surface area (Å²) in [4.78, 5) is 0. The molecule has 0 aliphatic heterocycles. The van der Waals surface area contributed by atoms with Crippen LogP contribution in [0.15, 0.2) is 0 Å². The van der Waals surface area contributed by atoms with E-state index in [0.717, 1.165) is 28.7 Å². The van der Waals surface area contributed by atoms with E-state index in [2.05, 4.69) is 7.60 Å². The monoisotopic (exact) mass is 292 g/mol. The Kier molecular flexibility index (Phi) is 66.8. The molecule has 0 aromatic carbocycles. The first-order valence-corrected chi connectivity index (χ1v) is 4.18. The maximum absolute atomic E-state index is 4.21. The van der Waals surface area contributed by atoms with Gasteiger partial charge in [-0.1, -0.05) is 0 Å². The van der Waals surface area contributed by atoms with Crippen molar-refractivity contribution in [2.24, 2.45) is 0 Å². The van der Waals surface area contributed by atoms with Crippen LogP contribution in [0.4, 0.5) is 0 Å². The Morgan fingerprint density at radius 3 is 1.25 bits per heavy atom. The Morgan fingerprint density at radius 1 is 1.25 bits per heavy atom. The molecule has 0 unspecified atom stereocenters. The third-order valence-electron chi connectivity index (χ3n) is 0. The van der Waals surface area contributed by atoms with Crippen LogP contribution in [0.1, 0.15) is 0 Å². The fourth-order valence-corrected chi connectivity index (χ4v) is 0. The van der Waals surface area contributed by atoms with Crippen molar-refractivity contribution in [1.29, 1.82) is 0 Å². The first-order chi connectivity index (χ1) is 1.00. The zero-order valence-corrected chi connectivity index (χ0v) is 7.94. The molecule has 0 aromatic rings. The molecule has 0 rings (SSSR count). The van der Waals surface area contributed by atoms with Crippen molar-refractivity contribution in [3.8, 4) is 0 Å². The van der Waals surface area contributed by atoms with Crippen LogP contribution >= 0.6 is 7.60 Å². The van der Waals surface area contributed by atoms with Crippen LogP contribution in [0.5, 0.6) is 0 Å². The fourth-order valence-electron chi connectivity index (χ4n) is 0. The molecule has 1 nitrogen and oxygen atoms in total. The molecule has 0 atom stereocenters. The first kappa shape index (κ1) is 15.8. The molecular weight excluding hydrogens is 289 g/mol. The Bertz CT molecular complexity index is 8.00. The predicted octanol–water partition coefficient (Wildman–Crippen LogP) is -0.179. The van der Waals surface area contributed by atoms with Crippen molar-refractivity contribution in [2.75, 3.05) is 0 Å². The normalized spacial score (nSPS) is 1.50. The van der Waals surface area contributed by atoms with Gasteiger partial charge in [-0.15, -0.1) is 0 Å². The van der Waals surface area contributed by atoms with Crippen molar-refractivity contribution < 1.29 is 83.5 Å². The van der Waals surface area contributed by atoms with Gasteiger partial charge in [0.1, 0.15) is 0 Å². The molecule has 1 radical (unpaired) electrons. The van der Waals surface area contributed by atoms with Crippen LogP contribution in [0.25, 0.3) is 0 Å². The number of hydrogen-bond donors (Lipinski definition) is 0. The molecule has 0 aliphatic carbocycles. The molecule has 0 fully saturated rings. The van der Waals surface area contributed by atoms with Gasteiger partial charge in [-0.2, -0.15) is 0 Å². The summed E-state index contributed by atoms with van der Waals surface area (Å²) in [6.07, 6.45) is 0. The summed E-state index contributed by atoms with van der Waals surface area (Å²) in [5, 5.41) is 0. The van der Waals surface area contributed by atoms with Crippen molar-refractivity contribution in [3.05, 3.63) is 0 Å². The van der Waals surface area contributed by atoms with Crippen molar-refractivity contribution in [1.82, 2.24) is 0 Å². The van der Waals surface area contributed by atoms with Gasteiger partial charge in [0, 0.05) is 49.4 Å². The summed E-state index contributed by atoms with van der Waals surface area (Å²) < 4.78 is 0. The van der Waals surface area contributed by atoms with Crippen LogP contribution in [0.3, 0.4) is 0 Å². The second kappa shape index (κ2) is 16.9. The molecule has 24 valence electrons. The van der Waals surface area contributed by atoms with Gasteiger partial charge in [0.2, 0.25) is 0 Å². The van der Waals surface area contributed by atoms with E-state index >= 15 is 0 Å². The topological polar surface area (TPSA) is 31.5 Å². The fraction of sp³-hybridized carbons (Fsp3) is 0. The van der Waals surface area contributed by atoms with Crippen molar-refractivity contribution >= 4 is 7.60 Å². The Morgan fingerprint density at radius 2 is 1.25 bits per heavy atom. The van der Waals surface area contributed by atoms with Crippen LogP contribution in [-0.4, -0.2) is 5.48 Å². The van der Waals surface area contributed by atoms with E-state index in [-0.39, 0.29) is 54.9 Å². The molecule has 0 heterocycles. The average molecular weight is 291 g/mol. The van der Waals surface area contributed by atoms with Gasteiger partial charge >= 0.3 is 36.3 Å². The number of hydrogen-bond acceptors (Lipinski definition) is 1. The second-order valence-corrected chi connectivity index (χ2v) is 0. The summed E-state index contributed by atoms with van der Waals surface area (Å²) in [7, 11) is 4.21. The molecule has 0 aromatic heterocycles. The van der Waals surface area contributed by atoms with E-state index in [1.165, 1.54) is 0 Å². The zero-order valence-electron chi connectivity index (χ0n) is 1.86. The van der Waals surface area contributed by atoms with Gasteiger partial charge in [0.15, 0.2) is 0 Å². The van der Waals surface area contributed by atoms with E-state index in [9.17, 15) is 0 Å². The molecule has 0 spiro atoms. The molecule has 0 aliphatic rings. The minimum atomic E-state index is 0. The van der Waals surface area contributed by atoms with E-state index in [4.69, 9.17) is 0 Å². The summed E-state index contributed by atoms with van der Waals surface area (Å²) in [5.74, 6) is 0.